The molecule has 0 radical (unpaired) electrons. The molecule has 10 nitrogen and oxygen atoms in total. The molecule has 168 valence electrons. The number of nitrogens with zero attached hydrogens (tertiary/aromatic N) is 2. The Labute approximate surface area is 181 Å². The number of hydrogen-bond acceptors (Lipinski definition) is 9. The number of aliphatic hydroxyl groups excluding tert-OH is 2. The molecule has 3 aliphatic heterocycles. The molecule has 0 saturated carbocycles. The molecule has 2 unspecified atom stereocenters. The maximum absolute atomic E-state index is 13.0. The van der Waals surface area contributed by atoms with Crippen LogP contribution in [0.2, 0.25) is 0 Å². The van der Waals surface area contributed by atoms with Gasteiger partial charge in [-0.15, -0.1) is 0 Å². The van der Waals surface area contributed by atoms with Gasteiger partial charge in [0.1, 0.15) is 30.7 Å². The zero-order chi connectivity index (χ0) is 21.8. The van der Waals surface area contributed by atoms with Crippen molar-refractivity contribution in [1.29, 1.82) is 0 Å². The third kappa shape index (κ3) is 4.92. The summed E-state index contributed by atoms with van der Waals surface area (Å²) in [6.07, 6.45) is 10.6. The van der Waals surface area contributed by atoms with Gasteiger partial charge in [-0.25, -0.2) is 10.4 Å². The minimum absolute atomic E-state index is 0.0366. The van der Waals surface area contributed by atoms with Gasteiger partial charge in [0, 0.05) is 24.7 Å². The van der Waals surface area contributed by atoms with Crippen molar-refractivity contribution in [2.45, 2.75) is 57.5 Å². The molecule has 3 heterocycles. The molecule has 1 amide bonds. The molecule has 0 aromatic heterocycles. The Hall–Kier alpha value is -2.82. The van der Waals surface area contributed by atoms with E-state index < -0.39 is 6.10 Å². The van der Waals surface area contributed by atoms with Gasteiger partial charge < -0.3 is 31.0 Å². The van der Waals surface area contributed by atoms with Crippen molar-refractivity contribution in [2.75, 3.05) is 13.2 Å². The highest BCUT2D eigenvalue weighted by Crippen LogP contribution is 2.30. The van der Waals surface area contributed by atoms with E-state index in [1.54, 1.807) is 11.2 Å². The highest BCUT2D eigenvalue weighted by atomic mass is 16.5. The number of hydrogen-bond donors (Lipinski definition) is 6. The molecule has 10 heteroatoms. The Morgan fingerprint density at radius 2 is 2.32 bits per heavy atom. The van der Waals surface area contributed by atoms with Gasteiger partial charge in [0.05, 0.1) is 18.1 Å². The zero-order valence-electron chi connectivity index (χ0n) is 17.6. The number of nitrogens with one attached hydrogen (secondary N) is 4. The molecule has 31 heavy (non-hydrogen) atoms. The van der Waals surface area contributed by atoms with Crippen LogP contribution in [-0.2, 0) is 9.53 Å². The zero-order valence-corrected chi connectivity index (χ0v) is 17.6. The summed E-state index contributed by atoms with van der Waals surface area (Å²) in [4.78, 5) is 13.0. The van der Waals surface area contributed by atoms with Gasteiger partial charge in [0.25, 0.3) is 5.91 Å². The van der Waals surface area contributed by atoms with Crippen molar-refractivity contribution in [3.05, 3.63) is 47.2 Å². The normalized spacial score (nSPS) is 26.2. The number of hydrazine groups is 1. The van der Waals surface area contributed by atoms with Crippen molar-refractivity contribution in [2.24, 2.45) is 5.10 Å². The Bertz CT molecular complexity index is 862. The Morgan fingerprint density at radius 3 is 3.10 bits per heavy atom. The highest BCUT2D eigenvalue weighted by molar-refractivity contribution is 6.03. The molecule has 4 aliphatic rings. The van der Waals surface area contributed by atoms with Crippen molar-refractivity contribution < 1.29 is 19.7 Å². The first-order valence-corrected chi connectivity index (χ1v) is 10.7. The first-order chi connectivity index (χ1) is 15.0. The van der Waals surface area contributed by atoms with Crippen molar-refractivity contribution >= 4 is 11.6 Å². The Kier molecular flexibility index (Phi) is 6.59. The number of ether oxygens (including phenoxy) is 1. The molecule has 1 aliphatic carbocycles. The van der Waals surface area contributed by atoms with Crippen LogP contribution in [0.3, 0.4) is 0 Å². The molecule has 0 saturated heterocycles. The predicted octanol–water partition coefficient (Wildman–Crippen LogP) is 0.0268. The van der Waals surface area contributed by atoms with Gasteiger partial charge in [-0.05, 0) is 37.8 Å². The average Bonchev–Trinajstić information content (AvgIpc) is 3.13. The Balaban J connectivity index is 1.47. The van der Waals surface area contributed by atoms with Crippen molar-refractivity contribution in [3.8, 4) is 0 Å². The molecule has 0 aromatic carbocycles. The molecule has 3 atom stereocenters. The van der Waals surface area contributed by atoms with Crippen LogP contribution >= 0.6 is 0 Å². The molecular weight excluding hydrogens is 400 g/mol. The van der Waals surface area contributed by atoms with Gasteiger partial charge in [0.2, 0.25) is 0 Å². The number of aliphatic hydroxyl groups is 2. The molecule has 0 bridgehead atoms. The van der Waals surface area contributed by atoms with Gasteiger partial charge in [-0.1, -0.05) is 12.2 Å². The van der Waals surface area contributed by atoms with E-state index in [2.05, 4.69) is 27.6 Å². The van der Waals surface area contributed by atoms with Crippen LogP contribution in [0.15, 0.2) is 52.3 Å². The summed E-state index contributed by atoms with van der Waals surface area (Å²) in [5.41, 5.74) is 9.14. The lowest BCUT2D eigenvalue weighted by molar-refractivity contribution is -0.120. The van der Waals surface area contributed by atoms with Crippen LogP contribution in [0.1, 0.15) is 39.0 Å². The van der Waals surface area contributed by atoms with Crippen LogP contribution in [0.4, 0.5) is 0 Å². The van der Waals surface area contributed by atoms with Gasteiger partial charge in [-0.3, -0.25) is 4.79 Å². The standard InChI is InChI=1S/C21H30N6O4/c1-13-20(21(30)24-18-6-3-9-22-25-18)27-19(23-13)8-7-17(26-27)14-4-2-5-16(10-14)31-12-15(29)11-28/h3-4,9-10,15,18-19,22-23,25,28-29H,2,5-8,11-12H2,1H3,(H,24,30)/t15-,18?,19?/m1/s1. The van der Waals surface area contributed by atoms with Crippen molar-refractivity contribution in [1.82, 2.24) is 26.5 Å². The lowest BCUT2D eigenvalue weighted by Gasteiger charge is -2.31. The van der Waals surface area contributed by atoms with Crippen LogP contribution in [0.5, 0.6) is 0 Å². The average molecular weight is 431 g/mol. The van der Waals surface area contributed by atoms with E-state index in [0.29, 0.717) is 12.1 Å². The van der Waals surface area contributed by atoms with E-state index in [9.17, 15) is 9.90 Å². The van der Waals surface area contributed by atoms with E-state index >= 15 is 0 Å². The highest BCUT2D eigenvalue weighted by Gasteiger charge is 2.37. The monoisotopic (exact) mass is 430 g/mol. The first-order valence-electron chi connectivity index (χ1n) is 10.7. The Morgan fingerprint density at radius 1 is 1.45 bits per heavy atom. The first kappa shape index (κ1) is 21.4. The third-order valence-electron chi connectivity index (χ3n) is 5.57. The lowest BCUT2D eigenvalue weighted by atomic mass is 9.97. The predicted molar refractivity (Wildman–Crippen MR) is 115 cm³/mol. The number of allylic oxidation sites excluding steroid dienone is 5. The van der Waals surface area contributed by atoms with E-state index in [1.165, 1.54) is 0 Å². The third-order valence-corrected chi connectivity index (χ3v) is 5.57. The van der Waals surface area contributed by atoms with E-state index in [0.717, 1.165) is 48.4 Å². The summed E-state index contributed by atoms with van der Waals surface area (Å²) in [6, 6.07) is 0. The molecule has 4 rings (SSSR count). The summed E-state index contributed by atoms with van der Waals surface area (Å²) in [5, 5.41) is 31.5. The molecule has 6 N–H and O–H groups in total. The number of rotatable bonds is 7. The largest absolute Gasteiger partial charge is 0.495 e. The van der Waals surface area contributed by atoms with Crippen molar-refractivity contribution in [3.63, 3.8) is 0 Å². The second kappa shape index (κ2) is 9.54. The van der Waals surface area contributed by atoms with Crippen LogP contribution in [0, 0.1) is 0 Å². The molecular formula is C21H30N6O4. The fourth-order valence-corrected chi connectivity index (χ4v) is 3.99. The molecule has 0 aromatic rings. The van der Waals surface area contributed by atoms with Gasteiger partial charge in [-0.2, -0.15) is 5.10 Å². The van der Waals surface area contributed by atoms with Gasteiger partial charge >= 0.3 is 0 Å². The van der Waals surface area contributed by atoms with Crippen LogP contribution in [0.25, 0.3) is 0 Å². The van der Waals surface area contributed by atoms with E-state index in [4.69, 9.17) is 14.9 Å². The summed E-state index contributed by atoms with van der Waals surface area (Å²) < 4.78 is 5.64. The van der Waals surface area contributed by atoms with Gasteiger partial charge in [0.15, 0.2) is 0 Å². The van der Waals surface area contributed by atoms with E-state index in [-0.39, 0.29) is 31.5 Å². The molecule has 0 spiro atoms. The quantitative estimate of drug-likeness (QED) is 0.334. The summed E-state index contributed by atoms with van der Waals surface area (Å²) in [5.74, 6) is 0.588. The minimum atomic E-state index is -0.891. The topological polar surface area (TPSA) is 130 Å². The summed E-state index contributed by atoms with van der Waals surface area (Å²) >= 11 is 0. The van der Waals surface area contributed by atoms with Crippen LogP contribution in [-0.4, -0.2) is 58.5 Å². The minimum Gasteiger partial charge on any atom is -0.495 e. The fourth-order valence-electron chi connectivity index (χ4n) is 3.99. The molecule has 0 fully saturated rings. The summed E-state index contributed by atoms with van der Waals surface area (Å²) in [6.45, 7) is 1.63. The SMILES string of the molecule is CC1=C(C(=O)NC2CC=CNN2)N2N=C(C3=CCCC(OC[C@H](O)CO)=C3)CCC2N1. The lowest BCUT2D eigenvalue weighted by Crippen LogP contribution is -2.52. The fraction of sp³-hybridized carbons (Fsp3) is 0.524. The van der Waals surface area contributed by atoms with E-state index in [1.807, 2.05) is 19.1 Å². The van der Waals surface area contributed by atoms with Crippen LogP contribution < -0.4 is 21.5 Å². The maximum atomic E-state index is 13.0. The summed E-state index contributed by atoms with van der Waals surface area (Å²) in [7, 11) is 0. The second-order valence-electron chi connectivity index (χ2n) is 7.97. The number of fused-ring (bicyclic) bond motifs is 1. The number of hydrazone groups is 1. The number of carbonyl (C=O) groups is 1. The smallest absolute Gasteiger partial charge is 0.272 e. The second-order valence-corrected chi connectivity index (χ2v) is 7.97. The number of carbonyl (C=O) groups excluding carboxylic acids is 1. The number of amides is 1. The maximum Gasteiger partial charge on any atom is 0.272 e.